The van der Waals surface area contributed by atoms with Crippen LogP contribution in [0.4, 0.5) is 5.82 Å². The first-order valence-corrected chi connectivity index (χ1v) is 15.4. The Hall–Kier alpha value is -5.28. The van der Waals surface area contributed by atoms with E-state index in [4.69, 9.17) is 16.8 Å². The van der Waals surface area contributed by atoms with Gasteiger partial charge in [-0.1, -0.05) is 72.3 Å². The molecular weight excluding hydrogens is 569 g/mol. The van der Waals surface area contributed by atoms with E-state index in [1.165, 1.54) is 20.2 Å². The van der Waals surface area contributed by atoms with Gasteiger partial charge in [0.25, 0.3) is 5.82 Å². The highest BCUT2D eigenvalue weighted by Gasteiger charge is 2.33. The highest BCUT2D eigenvalue weighted by Crippen LogP contribution is 2.41. The molecule has 0 aliphatic rings. The second kappa shape index (κ2) is 9.37. The first-order chi connectivity index (χ1) is 21.0. The van der Waals surface area contributed by atoms with Crippen molar-refractivity contribution in [3.8, 4) is 17.4 Å². The third kappa shape index (κ3) is 3.74. The summed E-state index contributed by atoms with van der Waals surface area (Å²) in [5.74, 6) is 0.433. The molecule has 6 nitrogen and oxygen atoms in total. The minimum Gasteiger partial charge on any atom is -0.362 e. The van der Waals surface area contributed by atoms with Gasteiger partial charge in [0.15, 0.2) is 5.69 Å². The van der Waals surface area contributed by atoms with E-state index in [1.807, 2.05) is 68.4 Å². The summed E-state index contributed by atoms with van der Waals surface area (Å²) >= 11 is 3.41. The van der Waals surface area contributed by atoms with E-state index in [0.717, 1.165) is 31.5 Å². The predicted octanol–water partition coefficient (Wildman–Crippen LogP) is 9.54. The van der Waals surface area contributed by atoms with E-state index in [0.29, 0.717) is 22.9 Å². The molecule has 0 bridgehead atoms. The molecule has 0 radical (unpaired) electrons. The average Bonchev–Trinajstić information content (AvgIpc) is 3.82. The molecule has 4 aromatic heterocycles. The number of hydrogen-bond acceptors (Lipinski definition) is 5. The van der Waals surface area contributed by atoms with Crippen molar-refractivity contribution in [2.24, 2.45) is 0 Å². The van der Waals surface area contributed by atoms with Gasteiger partial charge < -0.3 is 4.85 Å². The molecule has 0 saturated heterocycles. The molecule has 8 rings (SSSR count). The second-order valence-corrected chi connectivity index (χ2v) is 13.1. The molecule has 43 heavy (non-hydrogen) atoms. The molecule has 0 amide bonds. The molecule has 0 atom stereocenters. The van der Waals surface area contributed by atoms with Crippen LogP contribution >= 0.6 is 22.7 Å². The Morgan fingerprint density at radius 3 is 1.79 bits per heavy atom. The number of nitriles is 1. The Kier molecular flexibility index (Phi) is 5.54. The van der Waals surface area contributed by atoms with E-state index in [1.54, 1.807) is 32.0 Å². The molecule has 0 aliphatic heterocycles. The maximum atomic E-state index is 10.2. The maximum absolute atomic E-state index is 10.2. The van der Waals surface area contributed by atoms with Crippen LogP contribution in [-0.4, -0.2) is 19.6 Å². The number of hydrogen-bond donors (Lipinski definition) is 0. The van der Waals surface area contributed by atoms with Crippen LogP contribution in [0.2, 0.25) is 0 Å². The first kappa shape index (κ1) is 25.4. The summed E-state index contributed by atoms with van der Waals surface area (Å²) in [7, 11) is 0. The zero-order valence-electron chi connectivity index (χ0n) is 23.2. The Morgan fingerprint density at radius 1 is 0.698 bits per heavy atom. The molecule has 0 N–H and O–H groups in total. The lowest BCUT2D eigenvalue weighted by Gasteiger charge is -2.19. The summed E-state index contributed by atoms with van der Waals surface area (Å²) in [6.07, 6.45) is 0. The molecule has 0 unspecified atom stereocenters. The highest BCUT2D eigenvalue weighted by molar-refractivity contribution is 7.26. The topological polar surface area (TPSA) is 63.8 Å². The van der Waals surface area contributed by atoms with Crippen molar-refractivity contribution in [1.29, 1.82) is 5.26 Å². The van der Waals surface area contributed by atoms with Gasteiger partial charge in [-0.15, -0.1) is 22.7 Å². The van der Waals surface area contributed by atoms with Crippen LogP contribution in [0.15, 0.2) is 97.1 Å². The van der Waals surface area contributed by atoms with Gasteiger partial charge in [-0.3, -0.25) is 0 Å². The minimum atomic E-state index is -0.677. The summed E-state index contributed by atoms with van der Waals surface area (Å²) in [6, 6.07) is 35.1. The SMILES string of the molecule is [C-]#[N+]c1cc(C(C)(C)c2cc(C#N)n(-c3cccc4c3sc3ccccc34)n2)nn1-c1cccc2c1sc1ccccc12. The van der Waals surface area contributed by atoms with Gasteiger partial charge in [0.05, 0.1) is 31.9 Å². The van der Waals surface area contributed by atoms with Crippen LogP contribution in [0.1, 0.15) is 30.9 Å². The number of fused-ring (bicyclic) bond motifs is 6. The van der Waals surface area contributed by atoms with Gasteiger partial charge >= 0.3 is 0 Å². The third-order valence-electron chi connectivity index (χ3n) is 8.13. The summed E-state index contributed by atoms with van der Waals surface area (Å²) in [5, 5.41) is 24.9. The van der Waals surface area contributed by atoms with Crippen molar-refractivity contribution >= 4 is 68.8 Å². The van der Waals surface area contributed by atoms with Gasteiger partial charge in [-0.2, -0.15) is 15.0 Å². The monoisotopic (exact) mass is 590 g/mol. The second-order valence-electron chi connectivity index (χ2n) is 11.0. The lowest BCUT2D eigenvalue weighted by atomic mass is 9.85. The van der Waals surface area contributed by atoms with Gasteiger partial charge in [0.1, 0.15) is 11.8 Å². The summed E-state index contributed by atoms with van der Waals surface area (Å²) in [5.41, 5.74) is 2.96. The lowest BCUT2D eigenvalue weighted by Crippen LogP contribution is -2.21. The van der Waals surface area contributed by atoms with E-state index in [2.05, 4.69) is 53.4 Å². The van der Waals surface area contributed by atoms with E-state index in [9.17, 15) is 5.26 Å². The first-order valence-electron chi connectivity index (χ1n) is 13.8. The smallest absolute Gasteiger partial charge is 0.257 e. The molecule has 0 fully saturated rings. The fourth-order valence-electron chi connectivity index (χ4n) is 5.81. The van der Waals surface area contributed by atoms with Gasteiger partial charge in [-0.05, 0) is 50.2 Å². The number of thiophene rings is 2. The molecule has 0 spiro atoms. The predicted molar refractivity (Wildman–Crippen MR) is 176 cm³/mol. The zero-order valence-corrected chi connectivity index (χ0v) is 24.9. The third-order valence-corrected chi connectivity index (χ3v) is 10.6. The Balaban J connectivity index is 1.27. The summed E-state index contributed by atoms with van der Waals surface area (Å²) in [4.78, 5) is 3.86. The van der Waals surface area contributed by atoms with E-state index < -0.39 is 5.41 Å². The lowest BCUT2D eigenvalue weighted by molar-refractivity contribution is 0.577. The molecule has 4 heterocycles. The largest absolute Gasteiger partial charge is 0.362 e. The van der Waals surface area contributed by atoms with Crippen molar-refractivity contribution in [2.75, 3.05) is 0 Å². The van der Waals surface area contributed by atoms with Crippen LogP contribution in [0.5, 0.6) is 0 Å². The highest BCUT2D eigenvalue weighted by atomic mass is 32.1. The molecule has 4 aromatic carbocycles. The van der Waals surface area contributed by atoms with Gasteiger partial charge in [0.2, 0.25) is 0 Å². The Bertz CT molecular complexity index is 2300. The van der Waals surface area contributed by atoms with Crippen LogP contribution < -0.4 is 0 Å². The van der Waals surface area contributed by atoms with Crippen LogP contribution in [0.25, 0.3) is 56.6 Å². The fraction of sp³-hybridized carbons (Fsp3) is 0.0857. The van der Waals surface area contributed by atoms with E-state index >= 15 is 0 Å². The molecule has 0 saturated carbocycles. The van der Waals surface area contributed by atoms with Crippen LogP contribution in [-0.2, 0) is 5.41 Å². The van der Waals surface area contributed by atoms with Gasteiger partial charge in [-0.25, -0.2) is 4.68 Å². The van der Waals surface area contributed by atoms with Crippen molar-refractivity contribution < 1.29 is 0 Å². The number of rotatable bonds is 4. The Morgan fingerprint density at radius 2 is 1.21 bits per heavy atom. The summed E-state index contributed by atoms with van der Waals surface area (Å²) in [6.45, 7) is 12.1. The molecule has 0 aliphatic carbocycles. The van der Waals surface area contributed by atoms with Gasteiger partial charge in [0, 0.05) is 30.9 Å². The zero-order chi connectivity index (χ0) is 29.3. The maximum Gasteiger partial charge on any atom is 0.257 e. The number of aromatic nitrogens is 4. The average molecular weight is 591 g/mol. The van der Waals surface area contributed by atoms with Crippen molar-refractivity contribution in [3.05, 3.63) is 126 Å². The molecule has 8 aromatic rings. The summed E-state index contributed by atoms with van der Waals surface area (Å²) < 4.78 is 8.08. The van der Waals surface area contributed by atoms with Crippen molar-refractivity contribution in [3.63, 3.8) is 0 Å². The minimum absolute atomic E-state index is 0.433. The Labute approximate surface area is 255 Å². The van der Waals surface area contributed by atoms with Crippen LogP contribution in [0.3, 0.4) is 0 Å². The fourth-order valence-corrected chi connectivity index (χ4v) is 8.22. The number of benzene rings is 4. The van der Waals surface area contributed by atoms with Crippen LogP contribution in [0, 0.1) is 17.9 Å². The molecule has 8 heteroatoms. The normalized spacial score (nSPS) is 11.9. The number of nitrogens with zero attached hydrogens (tertiary/aromatic N) is 6. The molecule has 204 valence electrons. The standard InChI is InChI=1S/C35H22N6S2/c1-35(2,30-18-21(20-36)40(38-30)26-14-8-12-24-22-10-4-6-16-28(22)42-33(24)26)31-19-32(37-3)41(39-31)27-15-9-13-25-23-11-5-7-17-29(23)43-34(25)27/h4-19H,1-2H3. The van der Waals surface area contributed by atoms with Crippen molar-refractivity contribution in [2.45, 2.75) is 19.3 Å². The van der Waals surface area contributed by atoms with E-state index in [-0.39, 0.29) is 0 Å². The quantitative estimate of drug-likeness (QED) is 0.192. The molecular formula is C35H22N6S2. The van der Waals surface area contributed by atoms with Crippen molar-refractivity contribution in [1.82, 2.24) is 19.6 Å².